The van der Waals surface area contributed by atoms with Crippen LogP contribution in [0.4, 0.5) is 5.13 Å². The largest absolute Gasteiger partial charge is 0.507 e. The fourth-order valence-corrected chi connectivity index (χ4v) is 5.17. The molecule has 0 saturated carbocycles. The van der Waals surface area contributed by atoms with Gasteiger partial charge in [-0.1, -0.05) is 51.5 Å². The van der Waals surface area contributed by atoms with E-state index in [4.69, 9.17) is 9.47 Å². The second-order valence-electron chi connectivity index (χ2n) is 7.81. The van der Waals surface area contributed by atoms with Crippen molar-refractivity contribution in [3.05, 3.63) is 80.3 Å². The zero-order chi connectivity index (χ0) is 26.0. The third-order valence-electron chi connectivity index (χ3n) is 5.50. The quantitative estimate of drug-likeness (QED) is 0.175. The van der Waals surface area contributed by atoms with Gasteiger partial charge in [0.05, 0.1) is 30.5 Å². The Labute approximate surface area is 220 Å². The summed E-state index contributed by atoms with van der Waals surface area (Å²) in [4.78, 5) is 44.9. The molecule has 1 fully saturated rings. The molecule has 1 saturated heterocycles. The number of ether oxygens (including phenoxy) is 2. The minimum atomic E-state index is -0.963. The molecule has 1 aromatic heterocycles. The summed E-state index contributed by atoms with van der Waals surface area (Å²) in [5.74, 6) is -2.07. The molecule has 10 heteroatoms. The number of esters is 1. The highest BCUT2D eigenvalue weighted by Crippen LogP contribution is 2.44. The summed E-state index contributed by atoms with van der Waals surface area (Å²) in [5.41, 5.74) is 1.23. The molecule has 1 unspecified atom stereocenters. The van der Waals surface area contributed by atoms with Gasteiger partial charge in [0.2, 0.25) is 0 Å². The number of rotatable bonds is 7. The number of benzene rings is 2. The van der Waals surface area contributed by atoms with E-state index in [0.29, 0.717) is 29.2 Å². The number of thiazole rings is 1. The monoisotopic (exact) mass is 570 g/mol. The Hall–Kier alpha value is -3.50. The molecule has 0 bridgehead atoms. The van der Waals surface area contributed by atoms with Gasteiger partial charge < -0.3 is 14.6 Å². The number of ketones is 1. The lowest BCUT2D eigenvalue weighted by atomic mass is 9.95. The van der Waals surface area contributed by atoms with Crippen LogP contribution in [-0.4, -0.2) is 41.0 Å². The van der Waals surface area contributed by atoms with Crippen LogP contribution in [0.1, 0.15) is 46.4 Å². The van der Waals surface area contributed by atoms with E-state index in [-0.39, 0.29) is 27.9 Å². The Balaban J connectivity index is 1.89. The second-order valence-corrected chi connectivity index (χ2v) is 9.71. The molecule has 8 nitrogen and oxygen atoms in total. The highest BCUT2D eigenvalue weighted by molar-refractivity contribution is 9.10. The molecule has 2 aromatic carbocycles. The van der Waals surface area contributed by atoms with Crippen LogP contribution in [0.3, 0.4) is 0 Å². The molecule has 36 heavy (non-hydrogen) atoms. The van der Waals surface area contributed by atoms with E-state index in [1.54, 1.807) is 62.4 Å². The van der Waals surface area contributed by atoms with Gasteiger partial charge in [0.1, 0.15) is 16.4 Å². The standard InChI is InChI=1S/C26H23BrN2O6S/c1-4-34-18-8-6-7-16(13-18)21(30)19-20(15-9-11-17(27)12-10-15)29(24(32)22(19)31)26-28-14(3)23(36-26)25(33)35-5-2/h6-13,20,30H,4-5H2,1-3H3. The fraction of sp³-hybridized carbons (Fsp3) is 0.231. The predicted molar refractivity (Wildman–Crippen MR) is 139 cm³/mol. The van der Waals surface area contributed by atoms with Crippen molar-refractivity contribution in [1.29, 1.82) is 0 Å². The van der Waals surface area contributed by atoms with Crippen LogP contribution < -0.4 is 9.64 Å². The molecule has 186 valence electrons. The van der Waals surface area contributed by atoms with E-state index in [9.17, 15) is 19.5 Å². The van der Waals surface area contributed by atoms with Gasteiger partial charge in [0.25, 0.3) is 5.78 Å². The number of carbonyl (C=O) groups is 3. The molecule has 1 N–H and O–H groups in total. The molecular weight excluding hydrogens is 548 g/mol. The van der Waals surface area contributed by atoms with E-state index in [1.165, 1.54) is 4.90 Å². The molecule has 4 rings (SSSR count). The number of aromatic nitrogens is 1. The molecular formula is C26H23BrN2O6S. The van der Waals surface area contributed by atoms with E-state index >= 15 is 0 Å². The maximum absolute atomic E-state index is 13.3. The molecule has 3 aromatic rings. The van der Waals surface area contributed by atoms with Gasteiger partial charge in [-0.2, -0.15) is 0 Å². The van der Waals surface area contributed by atoms with Gasteiger partial charge in [-0.25, -0.2) is 9.78 Å². The topological polar surface area (TPSA) is 106 Å². The number of halogens is 1. The summed E-state index contributed by atoms with van der Waals surface area (Å²) in [5, 5.41) is 11.5. The van der Waals surface area contributed by atoms with Gasteiger partial charge in [0, 0.05) is 10.0 Å². The van der Waals surface area contributed by atoms with E-state index in [1.807, 2.05) is 6.92 Å². The molecule has 1 atom stereocenters. The van der Waals surface area contributed by atoms with Crippen molar-refractivity contribution in [2.75, 3.05) is 18.1 Å². The number of Topliss-reactive ketones (excluding diaryl/α,β-unsaturated/α-hetero) is 1. The highest BCUT2D eigenvalue weighted by Gasteiger charge is 2.48. The number of aliphatic hydroxyl groups excluding tert-OH is 1. The van der Waals surface area contributed by atoms with Crippen LogP contribution in [0.5, 0.6) is 5.75 Å². The number of amides is 1. The van der Waals surface area contributed by atoms with E-state index in [2.05, 4.69) is 20.9 Å². The first-order chi connectivity index (χ1) is 17.3. The zero-order valence-electron chi connectivity index (χ0n) is 19.8. The Morgan fingerprint density at radius 1 is 1.14 bits per heavy atom. The number of anilines is 1. The molecule has 1 aliphatic rings. The minimum Gasteiger partial charge on any atom is -0.507 e. The highest BCUT2D eigenvalue weighted by atomic mass is 79.9. The zero-order valence-corrected chi connectivity index (χ0v) is 22.2. The van der Waals surface area contributed by atoms with Gasteiger partial charge in [-0.15, -0.1) is 0 Å². The number of hydrogen-bond acceptors (Lipinski definition) is 8. The van der Waals surface area contributed by atoms with Crippen molar-refractivity contribution in [3.8, 4) is 5.75 Å². The number of hydrogen-bond donors (Lipinski definition) is 1. The first-order valence-corrected chi connectivity index (χ1v) is 12.8. The van der Waals surface area contributed by atoms with Crippen molar-refractivity contribution < 1.29 is 29.0 Å². The second kappa shape index (κ2) is 10.6. The maximum atomic E-state index is 13.3. The van der Waals surface area contributed by atoms with Crippen molar-refractivity contribution in [1.82, 2.24) is 4.98 Å². The van der Waals surface area contributed by atoms with E-state index in [0.717, 1.165) is 15.8 Å². The van der Waals surface area contributed by atoms with Crippen LogP contribution in [0.2, 0.25) is 0 Å². The van der Waals surface area contributed by atoms with Gasteiger partial charge in [0.15, 0.2) is 5.13 Å². The summed E-state index contributed by atoms with van der Waals surface area (Å²) < 4.78 is 11.4. The number of nitrogens with zero attached hydrogens (tertiary/aromatic N) is 2. The van der Waals surface area contributed by atoms with Crippen LogP contribution in [0.15, 0.2) is 58.6 Å². The Kier molecular flexibility index (Phi) is 7.56. The van der Waals surface area contributed by atoms with Crippen LogP contribution >= 0.6 is 27.3 Å². The molecule has 2 heterocycles. The van der Waals surface area contributed by atoms with Gasteiger partial charge in [-0.3, -0.25) is 14.5 Å². The number of carbonyl (C=O) groups excluding carboxylic acids is 3. The van der Waals surface area contributed by atoms with Crippen LogP contribution in [0, 0.1) is 6.92 Å². The molecule has 1 amide bonds. The summed E-state index contributed by atoms with van der Waals surface area (Å²) >= 11 is 4.36. The average Bonchev–Trinajstić information content (AvgIpc) is 3.36. The lowest BCUT2D eigenvalue weighted by Crippen LogP contribution is -2.29. The minimum absolute atomic E-state index is 0.0819. The molecule has 0 aliphatic carbocycles. The Morgan fingerprint density at radius 2 is 1.86 bits per heavy atom. The SMILES string of the molecule is CCOC(=O)c1sc(N2C(=O)C(=O)C(=C(O)c3cccc(OCC)c3)C2c2ccc(Br)cc2)nc1C. The van der Waals surface area contributed by atoms with Gasteiger partial charge >= 0.3 is 11.9 Å². The maximum Gasteiger partial charge on any atom is 0.350 e. The molecule has 1 aliphatic heterocycles. The summed E-state index contributed by atoms with van der Waals surface area (Å²) in [6.07, 6.45) is 0. The first-order valence-electron chi connectivity index (χ1n) is 11.2. The van der Waals surface area contributed by atoms with Crippen molar-refractivity contribution in [2.45, 2.75) is 26.8 Å². The number of aliphatic hydroxyl groups is 1. The lowest BCUT2D eigenvalue weighted by Gasteiger charge is -2.23. The smallest absolute Gasteiger partial charge is 0.350 e. The first kappa shape index (κ1) is 25.6. The summed E-state index contributed by atoms with van der Waals surface area (Å²) in [7, 11) is 0. The van der Waals surface area contributed by atoms with Crippen LogP contribution in [0.25, 0.3) is 5.76 Å². The average molecular weight is 571 g/mol. The van der Waals surface area contributed by atoms with Crippen LogP contribution in [-0.2, 0) is 14.3 Å². The van der Waals surface area contributed by atoms with E-state index < -0.39 is 23.7 Å². The van der Waals surface area contributed by atoms with Crippen molar-refractivity contribution in [3.63, 3.8) is 0 Å². The Morgan fingerprint density at radius 3 is 2.53 bits per heavy atom. The third-order valence-corrected chi connectivity index (χ3v) is 7.17. The Bertz CT molecular complexity index is 1370. The summed E-state index contributed by atoms with van der Waals surface area (Å²) in [6.45, 7) is 5.79. The fourth-order valence-electron chi connectivity index (χ4n) is 3.92. The molecule has 0 radical (unpaired) electrons. The van der Waals surface area contributed by atoms with Crippen molar-refractivity contribution in [2.24, 2.45) is 0 Å². The van der Waals surface area contributed by atoms with Crippen molar-refractivity contribution >= 4 is 55.8 Å². The van der Waals surface area contributed by atoms with Gasteiger partial charge in [-0.05, 0) is 50.6 Å². The third kappa shape index (κ3) is 4.78. The summed E-state index contributed by atoms with van der Waals surface area (Å²) in [6, 6.07) is 12.8. The lowest BCUT2D eigenvalue weighted by molar-refractivity contribution is -0.132. The predicted octanol–water partition coefficient (Wildman–Crippen LogP) is 5.42. The molecule has 0 spiro atoms. The number of aryl methyl sites for hydroxylation is 1. The normalized spacial score (nSPS) is 16.9.